The second kappa shape index (κ2) is 1.97. The maximum atomic E-state index is 10.6. The van der Waals surface area contributed by atoms with Crippen LogP contribution >= 0.6 is 23.0 Å². The molecule has 0 bridgehead atoms. The second-order valence-corrected chi connectivity index (χ2v) is 0.963. The predicted octanol–water partition coefficient (Wildman–Crippen LogP) is 1.87. The summed E-state index contributed by atoms with van der Waals surface area (Å²) < 4.78 is 34.6. The van der Waals surface area contributed by atoms with Crippen molar-refractivity contribution in [3.05, 3.63) is 0 Å². The van der Waals surface area contributed by atoms with Crippen LogP contribution in [0.3, 0.4) is 0 Å². The normalized spacial score (nSPS) is 12.0. The molecular formula is CF3IO. The van der Waals surface area contributed by atoms with Gasteiger partial charge in [-0.3, -0.25) is 0 Å². The van der Waals surface area contributed by atoms with Gasteiger partial charge < -0.3 is 0 Å². The fourth-order valence-electron chi connectivity index (χ4n) is 0. The minimum Gasteiger partial charge on any atom is -0.221 e. The zero-order chi connectivity index (χ0) is 5.21. The molecule has 0 aliphatic carbocycles. The fraction of sp³-hybridized carbons (Fsp3) is 1.00. The van der Waals surface area contributed by atoms with Crippen molar-refractivity contribution in [1.82, 2.24) is 0 Å². The average molecular weight is 212 g/mol. The van der Waals surface area contributed by atoms with E-state index in [1.807, 2.05) is 0 Å². The molecule has 0 saturated heterocycles. The minimum absolute atomic E-state index is 0.769. The summed E-state index contributed by atoms with van der Waals surface area (Å²) in [7, 11) is 0. The van der Waals surface area contributed by atoms with E-state index in [9.17, 15) is 13.2 Å². The number of alkyl halides is 3. The summed E-state index contributed by atoms with van der Waals surface area (Å²) in [6.07, 6.45) is -4.47. The van der Waals surface area contributed by atoms with E-state index in [0.29, 0.717) is 0 Å². The van der Waals surface area contributed by atoms with Crippen molar-refractivity contribution in [2.45, 2.75) is 6.36 Å². The molecule has 0 saturated carbocycles. The van der Waals surface area contributed by atoms with Crippen molar-refractivity contribution in [3.63, 3.8) is 0 Å². The van der Waals surface area contributed by atoms with Crippen LogP contribution in [0.4, 0.5) is 13.2 Å². The van der Waals surface area contributed by atoms with Gasteiger partial charge in [-0.15, -0.1) is 13.2 Å². The fourth-order valence-corrected chi connectivity index (χ4v) is 0. The van der Waals surface area contributed by atoms with Crippen LogP contribution < -0.4 is 0 Å². The Kier molecular flexibility index (Phi) is 2.12. The molecule has 0 amide bonds. The van der Waals surface area contributed by atoms with Gasteiger partial charge in [-0.1, -0.05) is 0 Å². The average Bonchev–Trinajstić information content (AvgIpc) is 1.35. The Morgan fingerprint density at radius 3 is 1.50 bits per heavy atom. The van der Waals surface area contributed by atoms with Crippen LogP contribution in [-0.4, -0.2) is 6.36 Å². The third kappa shape index (κ3) is 4.48. The Balaban J connectivity index is 3.17. The maximum Gasteiger partial charge on any atom is 0.531 e. The summed E-state index contributed by atoms with van der Waals surface area (Å²) in [5.41, 5.74) is 0. The summed E-state index contributed by atoms with van der Waals surface area (Å²) in [6.45, 7) is 0. The Labute approximate surface area is 46.2 Å². The number of hydrogen-bond donors (Lipinski definition) is 0. The van der Waals surface area contributed by atoms with Crippen molar-refractivity contribution in [3.8, 4) is 0 Å². The molecule has 0 fully saturated rings. The molecule has 0 N–H and O–H groups in total. The topological polar surface area (TPSA) is 9.23 Å². The smallest absolute Gasteiger partial charge is 0.221 e. The van der Waals surface area contributed by atoms with Crippen molar-refractivity contribution < 1.29 is 16.2 Å². The molecule has 0 radical (unpaired) electrons. The van der Waals surface area contributed by atoms with Gasteiger partial charge in [0.1, 0.15) is 23.0 Å². The molecular weight excluding hydrogens is 212 g/mol. The summed E-state index contributed by atoms with van der Waals surface area (Å²) in [4.78, 5) is 0. The van der Waals surface area contributed by atoms with E-state index in [-0.39, 0.29) is 0 Å². The molecule has 0 rings (SSSR count). The SMILES string of the molecule is FC(F)(F)OI. The molecule has 0 unspecified atom stereocenters. The molecule has 38 valence electrons. The van der Waals surface area contributed by atoms with Crippen molar-refractivity contribution in [1.29, 1.82) is 0 Å². The monoisotopic (exact) mass is 212 g/mol. The maximum absolute atomic E-state index is 10.6. The van der Waals surface area contributed by atoms with E-state index < -0.39 is 6.36 Å². The van der Waals surface area contributed by atoms with Crippen LogP contribution in [0.5, 0.6) is 0 Å². The lowest BCUT2D eigenvalue weighted by Gasteiger charge is -1.94. The van der Waals surface area contributed by atoms with Crippen molar-refractivity contribution in [2.75, 3.05) is 0 Å². The van der Waals surface area contributed by atoms with Crippen LogP contribution in [0.2, 0.25) is 0 Å². The van der Waals surface area contributed by atoms with Crippen LogP contribution in [0.15, 0.2) is 0 Å². The highest BCUT2D eigenvalue weighted by atomic mass is 127. The van der Waals surface area contributed by atoms with Gasteiger partial charge >= 0.3 is 6.36 Å². The van der Waals surface area contributed by atoms with Gasteiger partial charge in [0.15, 0.2) is 0 Å². The first kappa shape index (κ1) is 6.48. The molecule has 0 aromatic carbocycles. The van der Waals surface area contributed by atoms with Crippen LogP contribution in [0.1, 0.15) is 0 Å². The molecule has 5 heteroatoms. The summed E-state index contributed by atoms with van der Waals surface area (Å²) >= 11 is 0.769. The molecule has 0 atom stereocenters. The summed E-state index contributed by atoms with van der Waals surface area (Å²) in [6, 6.07) is 0. The van der Waals surface area contributed by atoms with E-state index in [2.05, 4.69) is 3.07 Å². The second-order valence-electron chi connectivity index (χ2n) is 0.523. The number of hydrogen-bond acceptors (Lipinski definition) is 1. The van der Waals surface area contributed by atoms with Gasteiger partial charge in [0, 0.05) is 0 Å². The zero-order valence-corrected chi connectivity index (χ0v) is 4.58. The largest absolute Gasteiger partial charge is 0.531 e. The highest BCUT2D eigenvalue weighted by Gasteiger charge is 2.27. The quantitative estimate of drug-likeness (QED) is 0.557. The first-order chi connectivity index (χ1) is 2.56. The third-order valence-corrected chi connectivity index (χ3v) is 0.587. The summed E-state index contributed by atoms with van der Waals surface area (Å²) in [5, 5.41) is 0. The Hall–Kier alpha value is 0.480. The van der Waals surface area contributed by atoms with Gasteiger partial charge in [-0.25, -0.2) is 3.07 Å². The molecule has 6 heavy (non-hydrogen) atoms. The van der Waals surface area contributed by atoms with Gasteiger partial charge in [-0.2, -0.15) is 0 Å². The first-order valence-electron chi connectivity index (χ1n) is 0.925. The third-order valence-electron chi connectivity index (χ3n) is 0.0875. The van der Waals surface area contributed by atoms with E-state index >= 15 is 0 Å². The lowest BCUT2D eigenvalue weighted by molar-refractivity contribution is -0.254. The van der Waals surface area contributed by atoms with Gasteiger partial charge in [0.05, 0.1) is 0 Å². The van der Waals surface area contributed by atoms with E-state index in [4.69, 9.17) is 0 Å². The van der Waals surface area contributed by atoms with Gasteiger partial charge in [0.2, 0.25) is 0 Å². The summed E-state index contributed by atoms with van der Waals surface area (Å²) in [5.74, 6) is 0. The van der Waals surface area contributed by atoms with E-state index in [1.54, 1.807) is 0 Å². The van der Waals surface area contributed by atoms with Crippen LogP contribution in [0.25, 0.3) is 0 Å². The van der Waals surface area contributed by atoms with Crippen LogP contribution in [0, 0.1) is 0 Å². The molecule has 0 aromatic rings. The highest BCUT2D eigenvalue weighted by Crippen LogP contribution is 2.18. The van der Waals surface area contributed by atoms with Crippen molar-refractivity contribution in [2.24, 2.45) is 0 Å². The molecule has 1 nitrogen and oxygen atoms in total. The molecule has 0 aromatic heterocycles. The lowest BCUT2D eigenvalue weighted by atomic mass is 11.4. The molecule has 0 aliphatic rings. The van der Waals surface area contributed by atoms with E-state index in [0.717, 1.165) is 23.0 Å². The lowest BCUT2D eigenvalue weighted by Crippen LogP contribution is -2.04. The number of rotatable bonds is 0. The molecule has 0 heterocycles. The predicted molar refractivity (Wildman–Crippen MR) is 21.2 cm³/mol. The zero-order valence-electron chi connectivity index (χ0n) is 2.42. The Bertz CT molecular complexity index is 40.5. The first-order valence-corrected chi connectivity index (χ1v) is 1.81. The van der Waals surface area contributed by atoms with Gasteiger partial charge in [-0.05, 0) is 0 Å². The Morgan fingerprint density at radius 2 is 1.50 bits per heavy atom. The highest BCUT2D eigenvalue weighted by molar-refractivity contribution is 14.1. The standard InChI is InChI=1S/CF3IO/c2-1(3,4)6-5. The molecule has 0 spiro atoms. The van der Waals surface area contributed by atoms with Gasteiger partial charge in [0.25, 0.3) is 0 Å². The van der Waals surface area contributed by atoms with Crippen LogP contribution in [-0.2, 0) is 3.07 Å². The van der Waals surface area contributed by atoms with Crippen molar-refractivity contribution >= 4 is 23.0 Å². The van der Waals surface area contributed by atoms with E-state index in [1.165, 1.54) is 0 Å². The minimum atomic E-state index is -4.47. The Morgan fingerprint density at radius 1 is 1.33 bits per heavy atom. The number of halogens is 4. The molecule has 0 aliphatic heterocycles.